The largest absolute Gasteiger partial charge is 0.496 e. The van der Waals surface area contributed by atoms with Crippen molar-refractivity contribution in [1.29, 1.82) is 5.26 Å². The molecule has 10 nitrogen and oxygen atoms in total. The smallest absolute Gasteiger partial charge is 0.268 e. The number of benzene rings is 2. The third kappa shape index (κ3) is 5.30. The minimum Gasteiger partial charge on any atom is -0.496 e. The van der Waals surface area contributed by atoms with Gasteiger partial charge < -0.3 is 25.8 Å². The van der Waals surface area contributed by atoms with Crippen molar-refractivity contribution >= 4 is 11.6 Å². The van der Waals surface area contributed by atoms with Crippen LogP contribution >= 0.6 is 0 Å². The highest BCUT2D eigenvalue weighted by Crippen LogP contribution is 2.39. The van der Waals surface area contributed by atoms with Crippen molar-refractivity contribution in [2.75, 3.05) is 31.7 Å². The molecule has 1 fully saturated rings. The van der Waals surface area contributed by atoms with Crippen molar-refractivity contribution in [2.24, 2.45) is 5.73 Å². The van der Waals surface area contributed by atoms with Crippen molar-refractivity contribution in [3.05, 3.63) is 78.1 Å². The van der Waals surface area contributed by atoms with Crippen molar-refractivity contribution in [3.8, 4) is 45.5 Å². The normalized spacial score (nSPS) is 16.7. The number of carbonyl (C=O) groups excluding carboxylic acids is 1. The summed E-state index contributed by atoms with van der Waals surface area (Å²) < 4.78 is 20.1. The van der Waals surface area contributed by atoms with Crippen LogP contribution in [0.1, 0.15) is 23.0 Å². The van der Waals surface area contributed by atoms with Gasteiger partial charge in [0.05, 0.1) is 37.0 Å². The summed E-state index contributed by atoms with van der Waals surface area (Å²) in [7, 11) is 1.40. The minimum absolute atomic E-state index is 0.0107. The molecule has 2 atom stereocenters. The molecule has 4 N–H and O–H groups in total. The quantitative estimate of drug-likeness (QED) is 0.314. The predicted octanol–water partition coefficient (Wildman–Crippen LogP) is 3.15. The summed E-state index contributed by atoms with van der Waals surface area (Å²) in [5.41, 5.74) is 9.15. The van der Waals surface area contributed by atoms with E-state index in [0.29, 0.717) is 41.0 Å². The Hall–Kier alpha value is -4.92. The Labute approximate surface area is 236 Å². The molecule has 1 saturated heterocycles. The first kappa shape index (κ1) is 27.6. The highest BCUT2D eigenvalue weighted by Gasteiger charge is 2.29. The van der Waals surface area contributed by atoms with Crippen LogP contribution in [0.2, 0.25) is 0 Å². The van der Waals surface area contributed by atoms with E-state index in [0.717, 1.165) is 5.56 Å². The molecule has 0 aliphatic carbocycles. The molecule has 0 unspecified atom stereocenters. The number of nitrogens with one attached hydrogen (secondary N) is 1. The topological polar surface area (TPSA) is 150 Å². The molecule has 0 spiro atoms. The lowest BCUT2D eigenvalue weighted by molar-refractivity contribution is 0.0996. The van der Waals surface area contributed by atoms with Crippen LogP contribution in [-0.2, 0) is 0 Å². The zero-order valence-electron chi connectivity index (χ0n) is 22.5. The first-order chi connectivity index (χ1) is 19.9. The number of piperazine rings is 1. The van der Waals surface area contributed by atoms with Gasteiger partial charge in [-0.3, -0.25) is 9.78 Å². The minimum atomic E-state index is -0.819. The number of hydrogen-bond acceptors (Lipinski definition) is 9. The molecule has 11 heteroatoms. The van der Waals surface area contributed by atoms with Crippen LogP contribution in [0.15, 0.2) is 61.1 Å². The number of hydrogen-bond donors (Lipinski definition) is 3. The van der Waals surface area contributed by atoms with Gasteiger partial charge in [0.15, 0.2) is 5.82 Å². The van der Waals surface area contributed by atoms with Crippen LogP contribution in [-0.4, -0.2) is 64.9 Å². The lowest BCUT2D eigenvalue weighted by Gasteiger charge is -2.41. The SMILES string of the molecule is COc1cccc(F)c1-c1ncc(-c2ccc(-c3cnccc3C#N)cc2N2C[C@@H](C)NC[C@H]2CO)c(C(N)=O)n1. The monoisotopic (exact) mass is 553 g/mol. The molecule has 41 heavy (non-hydrogen) atoms. The van der Waals surface area contributed by atoms with Crippen molar-refractivity contribution in [2.45, 2.75) is 19.0 Å². The van der Waals surface area contributed by atoms with Gasteiger partial charge in [-0.25, -0.2) is 14.4 Å². The molecule has 2 aromatic carbocycles. The highest BCUT2D eigenvalue weighted by molar-refractivity contribution is 6.00. The molecular weight excluding hydrogens is 525 g/mol. The van der Waals surface area contributed by atoms with Gasteiger partial charge >= 0.3 is 0 Å². The van der Waals surface area contributed by atoms with Crippen LogP contribution in [0, 0.1) is 17.1 Å². The second-order valence-corrected chi connectivity index (χ2v) is 9.70. The zero-order valence-corrected chi connectivity index (χ0v) is 22.5. The fraction of sp³-hybridized carbons (Fsp3) is 0.233. The van der Waals surface area contributed by atoms with E-state index in [1.54, 1.807) is 30.6 Å². The van der Waals surface area contributed by atoms with E-state index in [-0.39, 0.29) is 41.5 Å². The van der Waals surface area contributed by atoms with Crippen LogP contribution < -0.4 is 20.7 Å². The summed E-state index contributed by atoms with van der Waals surface area (Å²) in [6, 6.07) is 13.5. The third-order valence-corrected chi connectivity index (χ3v) is 7.11. The summed E-state index contributed by atoms with van der Waals surface area (Å²) in [5.74, 6) is -1.26. The molecular formula is C30H28FN7O3. The summed E-state index contributed by atoms with van der Waals surface area (Å²) in [6.07, 6.45) is 4.62. The number of nitrogens with two attached hydrogens (primary N) is 1. The molecule has 3 heterocycles. The first-order valence-electron chi connectivity index (χ1n) is 13.0. The van der Waals surface area contributed by atoms with Crippen molar-refractivity contribution in [1.82, 2.24) is 20.3 Å². The van der Waals surface area contributed by atoms with Crippen LogP contribution in [0.4, 0.5) is 10.1 Å². The number of aliphatic hydroxyl groups is 1. The lowest BCUT2D eigenvalue weighted by atomic mass is 9.94. The Balaban J connectivity index is 1.73. The number of aromatic nitrogens is 3. The summed E-state index contributed by atoms with van der Waals surface area (Å²) in [5, 5.41) is 23.3. The average molecular weight is 554 g/mol. The number of methoxy groups -OCH3 is 1. The maximum atomic E-state index is 14.8. The number of anilines is 1. The number of aliphatic hydroxyl groups excluding tert-OH is 1. The Morgan fingerprint density at radius 1 is 1.24 bits per heavy atom. The van der Waals surface area contributed by atoms with Gasteiger partial charge in [0.2, 0.25) is 0 Å². The number of carbonyl (C=O) groups is 1. The number of nitrogens with zero attached hydrogens (tertiary/aromatic N) is 5. The highest BCUT2D eigenvalue weighted by atomic mass is 19.1. The second kappa shape index (κ2) is 11.7. The Kier molecular flexibility index (Phi) is 7.87. The van der Waals surface area contributed by atoms with E-state index in [2.05, 4.69) is 31.2 Å². The number of halogens is 1. The maximum absolute atomic E-state index is 14.8. The standard InChI is InChI=1S/C30H28FN7O3/c1-17-15-38(20(16-39)12-35-17)25-10-18(22-13-34-9-8-19(22)11-32)6-7-21(25)23-14-36-30(37-28(23)29(33)40)27-24(31)4-3-5-26(27)41-2/h3-10,13-14,17,20,35,39H,12,15-16H2,1-2H3,(H2,33,40)/t17-,20+/m1/s1. The maximum Gasteiger partial charge on any atom is 0.268 e. The molecule has 1 amide bonds. The molecule has 0 saturated carbocycles. The Bertz CT molecular complexity index is 1660. The van der Waals surface area contributed by atoms with Gasteiger partial charge in [-0.15, -0.1) is 0 Å². The lowest BCUT2D eigenvalue weighted by Crippen LogP contribution is -2.57. The van der Waals surface area contributed by atoms with Crippen molar-refractivity contribution < 1.29 is 19.0 Å². The molecule has 0 bridgehead atoms. The van der Waals surface area contributed by atoms with E-state index < -0.39 is 11.7 Å². The molecule has 2 aromatic heterocycles. The van der Waals surface area contributed by atoms with Gasteiger partial charge in [-0.2, -0.15) is 5.26 Å². The number of nitriles is 1. The van der Waals surface area contributed by atoms with Gasteiger partial charge in [0.1, 0.15) is 17.3 Å². The van der Waals surface area contributed by atoms with E-state index in [4.69, 9.17) is 10.5 Å². The average Bonchev–Trinajstić information content (AvgIpc) is 3.00. The van der Waals surface area contributed by atoms with Gasteiger partial charge in [0, 0.05) is 60.1 Å². The Morgan fingerprint density at radius 3 is 2.80 bits per heavy atom. The summed E-state index contributed by atoms with van der Waals surface area (Å²) >= 11 is 0. The van der Waals surface area contributed by atoms with Gasteiger partial charge in [-0.05, 0) is 36.8 Å². The Morgan fingerprint density at radius 2 is 2.07 bits per heavy atom. The number of amides is 1. The molecule has 1 aliphatic rings. The van der Waals surface area contributed by atoms with Gasteiger partial charge in [0.25, 0.3) is 5.91 Å². The van der Waals surface area contributed by atoms with Crippen molar-refractivity contribution in [3.63, 3.8) is 0 Å². The fourth-order valence-corrected chi connectivity index (χ4v) is 5.08. The fourth-order valence-electron chi connectivity index (χ4n) is 5.08. The first-order valence-corrected chi connectivity index (χ1v) is 13.0. The third-order valence-electron chi connectivity index (χ3n) is 7.11. The van der Waals surface area contributed by atoms with E-state index in [9.17, 15) is 19.6 Å². The molecule has 1 aliphatic heterocycles. The summed E-state index contributed by atoms with van der Waals surface area (Å²) in [6.45, 7) is 3.00. The molecule has 208 valence electrons. The van der Waals surface area contributed by atoms with E-state index in [1.165, 1.54) is 25.4 Å². The van der Waals surface area contributed by atoms with Crippen LogP contribution in [0.25, 0.3) is 33.6 Å². The zero-order chi connectivity index (χ0) is 29.1. The van der Waals surface area contributed by atoms with Crippen LogP contribution in [0.5, 0.6) is 5.75 Å². The number of rotatable bonds is 7. The predicted molar refractivity (Wildman–Crippen MR) is 152 cm³/mol. The van der Waals surface area contributed by atoms with E-state index >= 15 is 0 Å². The number of ether oxygens (including phenoxy) is 1. The number of primary amides is 1. The van der Waals surface area contributed by atoms with Crippen LogP contribution in [0.3, 0.4) is 0 Å². The molecule has 4 aromatic rings. The molecule has 0 radical (unpaired) electrons. The molecule has 5 rings (SSSR count). The summed E-state index contributed by atoms with van der Waals surface area (Å²) in [4.78, 5) is 27.8. The second-order valence-electron chi connectivity index (χ2n) is 9.70. The van der Waals surface area contributed by atoms with Gasteiger partial charge in [-0.1, -0.05) is 18.2 Å². The van der Waals surface area contributed by atoms with E-state index in [1.807, 2.05) is 19.1 Å². The number of pyridine rings is 1.